The molecular formula is C17H20N6O2. The third-order valence-electron chi connectivity index (χ3n) is 4.57. The summed E-state index contributed by atoms with van der Waals surface area (Å²) in [6, 6.07) is 7.56. The summed E-state index contributed by atoms with van der Waals surface area (Å²) in [5, 5.41) is 19.5. The Hall–Kier alpha value is -2.87. The predicted molar refractivity (Wildman–Crippen MR) is 93.8 cm³/mol. The van der Waals surface area contributed by atoms with E-state index in [1.54, 1.807) is 24.5 Å². The Balaban J connectivity index is 1.47. The summed E-state index contributed by atoms with van der Waals surface area (Å²) in [7, 11) is 0. The van der Waals surface area contributed by atoms with Crippen molar-refractivity contribution in [2.45, 2.75) is 25.4 Å². The van der Waals surface area contributed by atoms with E-state index >= 15 is 0 Å². The van der Waals surface area contributed by atoms with Crippen LogP contribution in [0.3, 0.4) is 0 Å². The van der Waals surface area contributed by atoms with Crippen LogP contribution >= 0.6 is 0 Å². The minimum atomic E-state index is -0.252. The fourth-order valence-corrected chi connectivity index (χ4v) is 3.26. The second-order valence-corrected chi connectivity index (χ2v) is 6.31. The van der Waals surface area contributed by atoms with E-state index < -0.39 is 0 Å². The molecule has 25 heavy (non-hydrogen) atoms. The number of anilines is 1. The molecule has 1 aliphatic rings. The first kappa shape index (κ1) is 15.6. The number of nitrogens with one attached hydrogen (secondary N) is 2. The average Bonchev–Trinajstić information content (AvgIpc) is 3.03. The highest BCUT2D eigenvalue weighted by Crippen LogP contribution is 2.21. The lowest BCUT2D eigenvalue weighted by atomic mass is 10.1. The zero-order chi connectivity index (χ0) is 17.2. The number of benzene rings is 1. The Morgan fingerprint density at radius 3 is 3.00 bits per heavy atom. The molecule has 1 saturated heterocycles. The smallest absolute Gasteiger partial charge is 0.347 e. The van der Waals surface area contributed by atoms with E-state index in [9.17, 15) is 9.90 Å². The highest BCUT2D eigenvalue weighted by Gasteiger charge is 2.23. The molecule has 1 aliphatic heterocycles. The third kappa shape index (κ3) is 3.20. The number of H-pyrrole nitrogens is 1. The molecule has 1 atom stereocenters. The van der Waals surface area contributed by atoms with Gasteiger partial charge in [0.2, 0.25) is 5.65 Å². The largest absolute Gasteiger partial charge is 0.508 e. The molecule has 3 aromatic rings. The molecule has 0 unspecified atom stereocenters. The first-order valence-corrected chi connectivity index (χ1v) is 8.39. The molecule has 3 N–H and O–H groups in total. The minimum absolute atomic E-state index is 0.252. The molecule has 2 aromatic heterocycles. The average molecular weight is 340 g/mol. The number of phenols is 1. The van der Waals surface area contributed by atoms with Gasteiger partial charge in [-0.15, -0.1) is 5.10 Å². The molecule has 0 bridgehead atoms. The van der Waals surface area contributed by atoms with E-state index in [0.29, 0.717) is 11.7 Å². The third-order valence-corrected chi connectivity index (χ3v) is 4.57. The van der Waals surface area contributed by atoms with Gasteiger partial charge in [0.05, 0.1) is 0 Å². The van der Waals surface area contributed by atoms with Gasteiger partial charge >= 0.3 is 5.69 Å². The van der Waals surface area contributed by atoms with Crippen LogP contribution in [0.4, 0.5) is 5.82 Å². The van der Waals surface area contributed by atoms with Crippen LogP contribution in [0.1, 0.15) is 18.4 Å². The first-order chi connectivity index (χ1) is 12.2. The van der Waals surface area contributed by atoms with Gasteiger partial charge < -0.3 is 15.3 Å². The normalized spacial score (nSPS) is 17.9. The van der Waals surface area contributed by atoms with Gasteiger partial charge in [-0.2, -0.15) is 0 Å². The van der Waals surface area contributed by atoms with Crippen LogP contribution in [0.25, 0.3) is 5.65 Å². The predicted octanol–water partition coefficient (Wildman–Crippen LogP) is 0.882. The molecule has 1 aromatic carbocycles. The molecule has 0 aliphatic carbocycles. The molecule has 0 spiro atoms. The molecule has 0 radical (unpaired) electrons. The van der Waals surface area contributed by atoms with Crippen molar-refractivity contribution in [2.24, 2.45) is 0 Å². The maximum atomic E-state index is 11.7. The van der Waals surface area contributed by atoms with Crippen molar-refractivity contribution in [3.63, 3.8) is 0 Å². The number of piperidine rings is 1. The van der Waals surface area contributed by atoms with Gasteiger partial charge in [0, 0.05) is 38.1 Å². The Morgan fingerprint density at radius 1 is 1.32 bits per heavy atom. The monoisotopic (exact) mass is 340 g/mol. The number of fused-ring (bicyclic) bond motifs is 1. The fraction of sp³-hybridized carbons (Fsp3) is 0.353. The summed E-state index contributed by atoms with van der Waals surface area (Å²) in [5.41, 5.74) is 1.44. The van der Waals surface area contributed by atoms with Crippen LogP contribution in [0, 0.1) is 0 Å². The Labute approximate surface area is 144 Å². The van der Waals surface area contributed by atoms with E-state index in [2.05, 4.69) is 25.4 Å². The summed E-state index contributed by atoms with van der Waals surface area (Å²) in [6.45, 7) is 2.45. The molecule has 130 valence electrons. The fourth-order valence-electron chi connectivity index (χ4n) is 3.26. The van der Waals surface area contributed by atoms with Crippen molar-refractivity contribution >= 4 is 11.5 Å². The molecule has 0 saturated carbocycles. The lowest BCUT2D eigenvalue weighted by Gasteiger charge is -2.34. The maximum absolute atomic E-state index is 11.7. The molecule has 0 amide bonds. The summed E-state index contributed by atoms with van der Waals surface area (Å²) in [5.74, 6) is 1.01. The lowest BCUT2D eigenvalue weighted by Crippen LogP contribution is -2.46. The number of phenolic OH excluding ortho intramolecular Hbond substituents is 1. The molecule has 8 heteroatoms. The van der Waals surface area contributed by atoms with E-state index in [4.69, 9.17) is 0 Å². The quantitative estimate of drug-likeness (QED) is 0.652. The zero-order valence-corrected chi connectivity index (χ0v) is 13.7. The SMILES string of the molecule is O=c1[nH]nc2c(N3CCC[C@H](NCc4ccc(O)cc4)C3)nccn12. The summed E-state index contributed by atoms with van der Waals surface area (Å²) >= 11 is 0. The first-order valence-electron chi connectivity index (χ1n) is 8.39. The van der Waals surface area contributed by atoms with Crippen molar-refractivity contribution in [3.8, 4) is 5.75 Å². The topological polar surface area (TPSA) is 98.5 Å². The van der Waals surface area contributed by atoms with Crippen LogP contribution < -0.4 is 15.9 Å². The summed E-state index contributed by atoms with van der Waals surface area (Å²) in [6.07, 6.45) is 5.39. The number of hydrogen-bond donors (Lipinski definition) is 3. The van der Waals surface area contributed by atoms with Crippen LogP contribution in [0.5, 0.6) is 5.75 Å². The standard InChI is InChI=1S/C17H20N6O2/c24-14-5-3-12(4-6-14)10-19-13-2-1-8-22(11-13)15-16-20-21-17(25)23(16)9-7-18-15/h3-7,9,13,19,24H,1-2,8,10-11H2,(H,21,25)/t13-/m0/s1. The van der Waals surface area contributed by atoms with E-state index in [1.807, 2.05) is 12.1 Å². The van der Waals surface area contributed by atoms with E-state index in [1.165, 1.54) is 4.40 Å². The second kappa shape index (κ2) is 6.56. The van der Waals surface area contributed by atoms with E-state index in [-0.39, 0.29) is 11.4 Å². The molecular weight excluding hydrogens is 320 g/mol. The number of hydrogen-bond acceptors (Lipinski definition) is 6. The van der Waals surface area contributed by atoms with Crippen molar-refractivity contribution in [2.75, 3.05) is 18.0 Å². The van der Waals surface area contributed by atoms with Gasteiger partial charge in [-0.05, 0) is 30.5 Å². The van der Waals surface area contributed by atoms with Crippen molar-refractivity contribution < 1.29 is 5.11 Å². The van der Waals surface area contributed by atoms with Crippen LogP contribution in [-0.2, 0) is 6.54 Å². The van der Waals surface area contributed by atoms with Crippen LogP contribution in [0.15, 0.2) is 41.5 Å². The van der Waals surface area contributed by atoms with Crippen molar-refractivity contribution in [1.82, 2.24) is 24.9 Å². The van der Waals surface area contributed by atoms with Gasteiger partial charge in [-0.1, -0.05) is 12.1 Å². The number of aromatic hydroxyl groups is 1. The van der Waals surface area contributed by atoms with Crippen molar-refractivity contribution in [3.05, 3.63) is 52.7 Å². The summed E-state index contributed by atoms with van der Waals surface area (Å²) in [4.78, 5) is 18.3. The lowest BCUT2D eigenvalue weighted by molar-refractivity contribution is 0.420. The number of nitrogens with zero attached hydrogens (tertiary/aromatic N) is 4. The molecule has 8 nitrogen and oxygen atoms in total. The highest BCUT2D eigenvalue weighted by atomic mass is 16.3. The highest BCUT2D eigenvalue weighted by molar-refractivity contribution is 5.63. The minimum Gasteiger partial charge on any atom is -0.508 e. The van der Waals surface area contributed by atoms with Crippen molar-refractivity contribution in [1.29, 1.82) is 0 Å². The van der Waals surface area contributed by atoms with E-state index in [0.717, 1.165) is 43.9 Å². The Bertz CT molecular complexity index is 917. The molecule has 3 heterocycles. The van der Waals surface area contributed by atoms with Gasteiger partial charge in [-0.3, -0.25) is 0 Å². The Kier molecular flexibility index (Phi) is 4.10. The van der Waals surface area contributed by atoms with Crippen LogP contribution in [0.2, 0.25) is 0 Å². The maximum Gasteiger partial charge on any atom is 0.347 e. The van der Waals surface area contributed by atoms with Gasteiger partial charge in [-0.25, -0.2) is 19.3 Å². The second-order valence-electron chi connectivity index (χ2n) is 6.31. The van der Waals surface area contributed by atoms with Gasteiger partial charge in [0.25, 0.3) is 0 Å². The summed E-state index contributed by atoms with van der Waals surface area (Å²) < 4.78 is 1.48. The number of aromatic amines is 1. The number of rotatable bonds is 4. The van der Waals surface area contributed by atoms with Crippen LogP contribution in [-0.4, -0.2) is 43.8 Å². The van der Waals surface area contributed by atoms with Gasteiger partial charge in [0.1, 0.15) is 5.75 Å². The van der Waals surface area contributed by atoms with Gasteiger partial charge in [0.15, 0.2) is 5.82 Å². The molecule has 4 rings (SSSR count). The molecule has 1 fully saturated rings. The number of aromatic nitrogens is 4. The zero-order valence-electron chi connectivity index (χ0n) is 13.7. The Morgan fingerprint density at radius 2 is 2.16 bits per heavy atom.